The summed E-state index contributed by atoms with van der Waals surface area (Å²) in [6.45, 7) is 6.73. The van der Waals surface area contributed by atoms with Gasteiger partial charge in [-0.3, -0.25) is 0 Å². The predicted molar refractivity (Wildman–Crippen MR) is 72.7 cm³/mol. The summed E-state index contributed by atoms with van der Waals surface area (Å²) in [5.41, 5.74) is 0.0160. The van der Waals surface area contributed by atoms with Crippen LogP contribution in [0.3, 0.4) is 0 Å². The molecule has 0 aromatic rings. The van der Waals surface area contributed by atoms with Crippen LogP contribution in [0.4, 0.5) is 0 Å². The Morgan fingerprint density at radius 1 is 1.47 bits per heavy atom. The Hall–Kier alpha value is 0.837. The number of hydrogen-bond acceptors (Lipinski definition) is 4. The Morgan fingerprint density at radius 2 is 2.20 bits per heavy atom. The minimum Gasteiger partial charge on any atom is -0.402 e. The summed E-state index contributed by atoms with van der Waals surface area (Å²) in [5.74, 6) is 1.04. The molecule has 1 N–H and O–H groups in total. The number of hydrogen-bond donors (Lipinski definition) is 1. The van der Waals surface area contributed by atoms with Crippen molar-refractivity contribution in [3.8, 4) is 0 Å². The fraction of sp³-hybridized carbons (Fsp3) is 1.00. The molecular formula is C10H22O2S2Si. The van der Waals surface area contributed by atoms with Gasteiger partial charge in [0.05, 0.1) is 6.10 Å². The lowest BCUT2D eigenvalue weighted by molar-refractivity contribution is 0.0799. The summed E-state index contributed by atoms with van der Waals surface area (Å²) in [4.78, 5) is 0. The lowest BCUT2D eigenvalue weighted by atomic mass is 10.3. The Morgan fingerprint density at radius 3 is 2.80 bits per heavy atom. The van der Waals surface area contributed by atoms with Gasteiger partial charge in [0.2, 0.25) is 0 Å². The summed E-state index contributed by atoms with van der Waals surface area (Å²) in [7, 11) is 1.99. The Bertz CT molecular complexity index is 190. The topological polar surface area (TPSA) is 29.5 Å². The maximum Gasteiger partial charge on any atom is 0.188 e. The summed E-state index contributed by atoms with van der Waals surface area (Å²) in [6, 6.07) is 1.21. The zero-order valence-electron chi connectivity index (χ0n) is 9.86. The summed E-state index contributed by atoms with van der Waals surface area (Å²) in [6.07, 6.45) is 3.10. The van der Waals surface area contributed by atoms with Crippen molar-refractivity contribution in [2.24, 2.45) is 0 Å². The van der Waals surface area contributed by atoms with Gasteiger partial charge in [-0.25, -0.2) is 0 Å². The molecule has 1 aliphatic rings. The Labute approximate surface area is 102 Å². The first-order valence-electron chi connectivity index (χ1n) is 5.69. The highest BCUT2D eigenvalue weighted by molar-refractivity contribution is 8.77. The second kappa shape index (κ2) is 6.54. The van der Waals surface area contributed by atoms with Gasteiger partial charge in [-0.05, 0) is 25.6 Å². The van der Waals surface area contributed by atoms with Crippen molar-refractivity contribution in [1.29, 1.82) is 0 Å². The van der Waals surface area contributed by atoms with Gasteiger partial charge in [0, 0.05) is 5.75 Å². The van der Waals surface area contributed by atoms with E-state index >= 15 is 0 Å². The molecule has 0 amide bonds. The molecule has 1 aliphatic heterocycles. The van der Waals surface area contributed by atoms with Gasteiger partial charge in [-0.1, -0.05) is 41.4 Å². The van der Waals surface area contributed by atoms with Crippen LogP contribution < -0.4 is 0 Å². The molecule has 1 saturated heterocycles. The molecule has 1 heterocycles. The van der Waals surface area contributed by atoms with E-state index in [4.69, 9.17) is 4.43 Å². The van der Waals surface area contributed by atoms with Crippen molar-refractivity contribution in [2.45, 2.75) is 56.9 Å². The van der Waals surface area contributed by atoms with Crippen LogP contribution in [0.15, 0.2) is 0 Å². The van der Waals surface area contributed by atoms with Crippen molar-refractivity contribution in [1.82, 2.24) is 0 Å². The molecule has 0 aliphatic carbocycles. The molecule has 0 aromatic carbocycles. The van der Waals surface area contributed by atoms with Gasteiger partial charge in [-0.15, -0.1) is 0 Å². The van der Waals surface area contributed by atoms with Crippen LogP contribution >= 0.6 is 21.6 Å². The van der Waals surface area contributed by atoms with Gasteiger partial charge in [0.15, 0.2) is 8.32 Å². The lowest BCUT2D eigenvalue weighted by Gasteiger charge is -2.33. The van der Waals surface area contributed by atoms with E-state index in [2.05, 4.69) is 20.0 Å². The molecule has 1 fully saturated rings. The van der Waals surface area contributed by atoms with Gasteiger partial charge in [-0.2, -0.15) is 0 Å². The van der Waals surface area contributed by atoms with E-state index in [-0.39, 0.29) is 11.5 Å². The molecule has 0 spiro atoms. The van der Waals surface area contributed by atoms with Gasteiger partial charge < -0.3 is 9.53 Å². The van der Waals surface area contributed by atoms with Crippen molar-refractivity contribution in [2.75, 3.05) is 5.75 Å². The van der Waals surface area contributed by atoms with Crippen LogP contribution in [0.5, 0.6) is 0 Å². The number of unbranched alkanes of at least 4 members (excludes halogenated alkanes) is 1. The molecule has 2 atom stereocenters. The van der Waals surface area contributed by atoms with E-state index in [9.17, 15) is 5.11 Å². The van der Waals surface area contributed by atoms with Gasteiger partial charge in [0.1, 0.15) is 5.44 Å². The zero-order chi connectivity index (χ0) is 11.3. The third kappa shape index (κ3) is 5.13. The van der Waals surface area contributed by atoms with Crippen LogP contribution in [0.25, 0.3) is 0 Å². The standard InChI is InChI=1S/C10H22O2S2Si/c1-4-5-8-15(2,3)12-10-9(11)6-7-13-14-10/h9-11H,4-8H2,1-3H3. The average Bonchev–Trinajstić information content (AvgIpc) is 2.18. The first-order chi connectivity index (χ1) is 7.05. The highest BCUT2D eigenvalue weighted by Gasteiger charge is 2.32. The lowest BCUT2D eigenvalue weighted by Crippen LogP contribution is -2.40. The molecule has 15 heavy (non-hydrogen) atoms. The molecule has 2 unspecified atom stereocenters. The fourth-order valence-electron chi connectivity index (χ4n) is 1.56. The zero-order valence-corrected chi connectivity index (χ0v) is 12.5. The Kier molecular flexibility index (Phi) is 6.06. The van der Waals surface area contributed by atoms with E-state index in [1.807, 2.05) is 10.8 Å². The third-order valence-electron chi connectivity index (χ3n) is 2.54. The molecule has 90 valence electrons. The molecular weight excluding hydrogens is 244 g/mol. The predicted octanol–water partition coefficient (Wildman–Crippen LogP) is 3.48. The van der Waals surface area contributed by atoms with E-state index in [0.29, 0.717) is 0 Å². The van der Waals surface area contributed by atoms with Crippen molar-refractivity contribution >= 4 is 29.9 Å². The monoisotopic (exact) mass is 266 g/mol. The minimum absolute atomic E-state index is 0.0160. The fourth-order valence-corrected chi connectivity index (χ4v) is 7.16. The maximum absolute atomic E-state index is 9.82. The second-order valence-corrected chi connectivity index (χ2v) is 11.5. The molecule has 0 radical (unpaired) electrons. The van der Waals surface area contributed by atoms with Crippen LogP contribution in [0.1, 0.15) is 26.2 Å². The van der Waals surface area contributed by atoms with Crippen LogP contribution in [-0.4, -0.2) is 30.7 Å². The van der Waals surface area contributed by atoms with E-state index in [1.54, 1.807) is 10.8 Å². The smallest absolute Gasteiger partial charge is 0.188 e. The normalized spacial score (nSPS) is 28.0. The summed E-state index contributed by atoms with van der Waals surface area (Å²) >= 11 is 0. The minimum atomic E-state index is -1.55. The first kappa shape index (κ1) is 13.9. The summed E-state index contributed by atoms with van der Waals surface area (Å²) in [5, 5.41) is 9.82. The molecule has 0 bridgehead atoms. The van der Waals surface area contributed by atoms with Gasteiger partial charge in [0.25, 0.3) is 0 Å². The number of aliphatic hydroxyl groups is 1. The van der Waals surface area contributed by atoms with Crippen molar-refractivity contribution in [3.63, 3.8) is 0 Å². The quantitative estimate of drug-likeness (QED) is 0.609. The largest absolute Gasteiger partial charge is 0.402 e. The highest BCUT2D eigenvalue weighted by Crippen LogP contribution is 2.38. The molecule has 5 heteroatoms. The molecule has 0 saturated carbocycles. The number of rotatable bonds is 5. The SMILES string of the molecule is CCCC[Si](C)(C)OC1SSCCC1O. The van der Waals surface area contributed by atoms with Crippen molar-refractivity contribution in [3.05, 3.63) is 0 Å². The second-order valence-electron chi connectivity index (χ2n) is 4.62. The maximum atomic E-state index is 9.82. The van der Waals surface area contributed by atoms with Gasteiger partial charge >= 0.3 is 0 Å². The van der Waals surface area contributed by atoms with Crippen LogP contribution in [0.2, 0.25) is 19.1 Å². The van der Waals surface area contributed by atoms with E-state index < -0.39 is 8.32 Å². The molecule has 0 aromatic heterocycles. The van der Waals surface area contributed by atoms with E-state index in [1.165, 1.54) is 18.9 Å². The van der Waals surface area contributed by atoms with Crippen LogP contribution in [0, 0.1) is 0 Å². The molecule has 1 rings (SSSR count). The third-order valence-corrected chi connectivity index (χ3v) is 7.78. The molecule has 2 nitrogen and oxygen atoms in total. The van der Waals surface area contributed by atoms with E-state index in [0.717, 1.165) is 12.2 Å². The summed E-state index contributed by atoms with van der Waals surface area (Å²) < 4.78 is 6.12. The number of aliphatic hydroxyl groups excluding tert-OH is 1. The average molecular weight is 267 g/mol. The van der Waals surface area contributed by atoms with Crippen molar-refractivity contribution < 1.29 is 9.53 Å². The first-order valence-corrected chi connectivity index (χ1v) is 11.2. The Balaban J connectivity index is 2.37. The highest BCUT2D eigenvalue weighted by atomic mass is 33.1. The van der Waals surface area contributed by atoms with Crippen LogP contribution in [-0.2, 0) is 4.43 Å².